The van der Waals surface area contributed by atoms with Crippen molar-refractivity contribution in [3.05, 3.63) is 107 Å². The Hall–Kier alpha value is -3.99. The van der Waals surface area contributed by atoms with Crippen molar-refractivity contribution < 1.29 is 9.13 Å². The number of hydrogen-bond acceptors (Lipinski definition) is 6. The van der Waals surface area contributed by atoms with Crippen LogP contribution in [0.1, 0.15) is 22.5 Å². The van der Waals surface area contributed by atoms with E-state index in [9.17, 15) is 4.39 Å². The van der Waals surface area contributed by atoms with Gasteiger partial charge in [0, 0.05) is 18.4 Å². The number of anilines is 2. The number of nitrogens with one attached hydrogen (secondary N) is 2. The first-order valence-electron chi connectivity index (χ1n) is 10.5. The van der Waals surface area contributed by atoms with Crippen LogP contribution in [0.25, 0.3) is 0 Å². The topological polar surface area (TPSA) is 72.0 Å². The van der Waals surface area contributed by atoms with E-state index < -0.39 is 0 Å². The second-order valence-corrected chi connectivity index (χ2v) is 7.68. The molecule has 0 aliphatic rings. The first-order chi connectivity index (χ1) is 16.6. The van der Waals surface area contributed by atoms with Crippen LogP contribution in [0, 0.1) is 17.7 Å². The van der Waals surface area contributed by atoms with Crippen molar-refractivity contribution in [2.75, 3.05) is 12.4 Å². The molecule has 0 radical (unpaired) electrons. The van der Waals surface area contributed by atoms with Crippen molar-refractivity contribution in [3.8, 4) is 17.6 Å². The van der Waals surface area contributed by atoms with E-state index in [0.717, 1.165) is 5.69 Å². The molecule has 0 atom stereocenters. The van der Waals surface area contributed by atoms with Gasteiger partial charge in [-0.15, -0.1) is 0 Å². The van der Waals surface area contributed by atoms with Crippen molar-refractivity contribution >= 4 is 23.1 Å². The van der Waals surface area contributed by atoms with E-state index in [4.69, 9.17) is 16.3 Å². The Morgan fingerprint density at radius 1 is 1.06 bits per heavy atom. The molecule has 0 fully saturated rings. The summed E-state index contributed by atoms with van der Waals surface area (Å²) in [5, 5.41) is 6.70. The van der Waals surface area contributed by atoms with Gasteiger partial charge in [0.2, 0.25) is 0 Å². The molecule has 0 aliphatic carbocycles. The SMILES string of the molecule is CNCc1cccc(C#Cc2cncnc2Nc2ccc(OCc3cccc(F)c3)c(Cl)c2)n1. The number of ether oxygens (including phenoxy) is 1. The Kier molecular flexibility index (Phi) is 7.66. The fourth-order valence-corrected chi connectivity index (χ4v) is 3.34. The van der Waals surface area contributed by atoms with Crippen LogP contribution in [0.15, 0.2) is 73.2 Å². The van der Waals surface area contributed by atoms with Crippen molar-refractivity contribution in [3.63, 3.8) is 0 Å². The number of nitrogens with zero attached hydrogens (tertiary/aromatic N) is 3. The van der Waals surface area contributed by atoms with Gasteiger partial charge in [-0.3, -0.25) is 0 Å². The van der Waals surface area contributed by atoms with Crippen LogP contribution >= 0.6 is 11.6 Å². The summed E-state index contributed by atoms with van der Waals surface area (Å²) >= 11 is 6.40. The number of benzene rings is 2. The normalized spacial score (nSPS) is 10.3. The summed E-state index contributed by atoms with van der Waals surface area (Å²) in [6, 6.07) is 17.2. The number of hydrogen-bond donors (Lipinski definition) is 2. The van der Waals surface area contributed by atoms with Crippen LogP contribution in [-0.4, -0.2) is 22.0 Å². The quantitative estimate of drug-likeness (QED) is 0.364. The third-order valence-corrected chi connectivity index (χ3v) is 4.98. The molecule has 2 heterocycles. The van der Waals surface area contributed by atoms with E-state index in [2.05, 4.69) is 37.4 Å². The van der Waals surface area contributed by atoms with Gasteiger partial charge in [-0.1, -0.05) is 35.7 Å². The number of rotatable bonds is 7. The third-order valence-electron chi connectivity index (χ3n) is 4.68. The molecule has 0 unspecified atom stereocenters. The van der Waals surface area contributed by atoms with Crippen LogP contribution in [0.2, 0.25) is 5.02 Å². The van der Waals surface area contributed by atoms with E-state index in [1.54, 1.807) is 30.5 Å². The summed E-state index contributed by atoms with van der Waals surface area (Å²) in [6.45, 7) is 0.874. The summed E-state index contributed by atoms with van der Waals surface area (Å²) in [7, 11) is 1.87. The first kappa shape index (κ1) is 23.2. The summed E-state index contributed by atoms with van der Waals surface area (Å²) < 4.78 is 19.1. The molecule has 2 aromatic carbocycles. The van der Waals surface area contributed by atoms with Crippen molar-refractivity contribution in [1.29, 1.82) is 0 Å². The van der Waals surface area contributed by atoms with Gasteiger partial charge in [0.1, 0.15) is 36.0 Å². The highest BCUT2D eigenvalue weighted by Gasteiger charge is 2.07. The summed E-state index contributed by atoms with van der Waals surface area (Å²) in [6.07, 6.45) is 3.08. The molecule has 2 aromatic heterocycles. The predicted octanol–water partition coefficient (Wildman–Crippen LogP) is 5.11. The lowest BCUT2D eigenvalue weighted by molar-refractivity contribution is 0.306. The molecule has 34 heavy (non-hydrogen) atoms. The van der Waals surface area contributed by atoms with Crippen LogP contribution in [-0.2, 0) is 13.2 Å². The van der Waals surface area contributed by atoms with Crippen LogP contribution in [0.4, 0.5) is 15.9 Å². The molecule has 4 aromatic rings. The minimum atomic E-state index is -0.308. The zero-order chi connectivity index (χ0) is 23.8. The fraction of sp³-hybridized carbons (Fsp3) is 0.115. The predicted molar refractivity (Wildman–Crippen MR) is 130 cm³/mol. The van der Waals surface area contributed by atoms with E-state index in [-0.39, 0.29) is 12.4 Å². The lowest BCUT2D eigenvalue weighted by atomic mass is 10.2. The molecule has 0 saturated heterocycles. The maximum Gasteiger partial charge on any atom is 0.149 e. The zero-order valence-electron chi connectivity index (χ0n) is 18.3. The average Bonchev–Trinajstić information content (AvgIpc) is 2.84. The standard InChI is InChI=1S/C26H21ClFN5O/c1-29-15-23-7-3-6-21(32-23)9-8-19-14-30-17-31-26(19)33-22-10-11-25(24(27)13-22)34-16-18-4-2-5-20(28)12-18/h2-7,10-14,17,29H,15-16H2,1H3,(H,30,31,33). The summed E-state index contributed by atoms with van der Waals surface area (Å²) in [4.78, 5) is 12.9. The molecule has 170 valence electrons. The van der Waals surface area contributed by atoms with Crippen molar-refractivity contribution in [2.24, 2.45) is 0 Å². The molecular weight excluding hydrogens is 453 g/mol. The first-order valence-corrected chi connectivity index (χ1v) is 10.8. The van der Waals surface area contributed by atoms with E-state index in [1.165, 1.54) is 18.5 Å². The van der Waals surface area contributed by atoms with Crippen LogP contribution in [0.5, 0.6) is 5.75 Å². The van der Waals surface area contributed by atoms with Gasteiger partial charge in [-0.05, 0) is 61.0 Å². The molecule has 8 heteroatoms. The van der Waals surface area contributed by atoms with Gasteiger partial charge in [-0.2, -0.15) is 0 Å². The maximum absolute atomic E-state index is 13.3. The Morgan fingerprint density at radius 2 is 1.94 bits per heavy atom. The molecule has 2 N–H and O–H groups in total. The summed E-state index contributed by atoms with van der Waals surface area (Å²) in [5.74, 6) is 6.86. The van der Waals surface area contributed by atoms with Gasteiger partial charge >= 0.3 is 0 Å². The second kappa shape index (κ2) is 11.2. The highest BCUT2D eigenvalue weighted by molar-refractivity contribution is 6.32. The monoisotopic (exact) mass is 473 g/mol. The minimum absolute atomic E-state index is 0.208. The lowest BCUT2D eigenvalue weighted by Crippen LogP contribution is -2.07. The number of pyridine rings is 1. The van der Waals surface area contributed by atoms with Gasteiger partial charge in [0.05, 0.1) is 16.3 Å². The van der Waals surface area contributed by atoms with E-state index >= 15 is 0 Å². The molecule has 6 nitrogen and oxygen atoms in total. The average molecular weight is 474 g/mol. The van der Waals surface area contributed by atoms with Gasteiger partial charge in [0.25, 0.3) is 0 Å². The van der Waals surface area contributed by atoms with Gasteiger partial charge < -0.3 is 15.4 Å². The number of aromatic nitrogens is 3. The van der Waals surface area contributed by atoms with Crippen LogP contribution < -0.4 is 15.4 Å². The zero-order valence-corrected chi connectivity index (χ0v) is 19.1. The summed E-state index contributed by atoms with van der Waals surface area (Å²) in [5.41, 5.74) is 3.61. The molecule has 0 spiro atoms. The molecule has 4 rings (SSSR count). The largest absolute Gasteiger partial charge is 0.487 e. The van der Waals surface area contributed by atoms with Crippen molar-refractivity contribution in [2.45, 2.75) is 13.2 Å². The molecule has 0 saturated carbocycles. The lowest BCUT2D eigenvalue weighted by Gasteiger charge is -2.11. The Morgan fingerprint density at radius 3 is 2.76 bits per heavy atom. The van der Waals surface area contributed by atoms with E-state index in [0.29, 0.717) is 45.6 Å². The van der Waals surface area contributed by atoms with Gasteiger partial charge in [-0.25, -0.2) is 19.3 Å². The van der Waals surface area contributed by atoms with Gasteiger partial charge in [0.15, 0.2) is 0 Å². The van der Waals surface area contributed by atoms with Crippen LogP contribution in [0.3, 0.4) is 0 Å². The van der Waals surface area contributed by atoms with Crippen molar-refractivity contribution in [1.82, 2.24) is 20.3 Å². The Balaban J connectivity index is 1.47. The highest BCUT2D eigenvalue weighted by atomic mass is 35.5. The smallest absolute Gasteiger partial charge is 0.149 e. The highest BCUT2D eigenvalue weighted by Crippen LogP contribution is 2.30. The van der Waals surface area contributed by atoms with E-state index in [1.807, 2.05) is 31.3 Å². The molecule has 0 bridgehead atoms. The maximum atomic E-state index is 13.3. The molecule has 0 amide bonds. The Bertz CT molecular complexity index is 1350. The molecule has 0 aliphatic heterocycles. The Labute approximate surface area is 202 Å². The molecular formula is C26H21ClFN5O. The number of halogens is 2. The third kappa shape index (κ3) is 6.29. The second-order valence-electron chi connectivity index (χ2n) is 7.27. The minimum Gasteiger partial charge on any atom is -0.487 e. The fourth-order valence-electron chi connectivity index (χ4n) is 3.10.